The minimum absolute atomic E-state index is 0.186. The first-order valence-corrected chi connectivity index (χ1v) is 9.99. The van der Waals surface area contributed by atoms with Crippen molar-refractivity contribution in [2.75, 3.05) is 12.0 Å². The van der Waals surface area contributed by atoms with Crippen molar-refractivity contribution in [2.45, 2.75) is 17.9 Å². The van der Waals surface area contributed by atoms with Gasteiger partial charge in [0.05, 0.1) is 16.2 Å². The van der Waals surface area contributed by atoms with E-state index in [4.69, 9.17) is 5.11 Å². The van der Waals surface area contributed by atoms with Crippen LogP contribution < -0.4 is 4.72 Å². The summed E-state index contributed by atoms with van der Waals surface area (Å²) in [5.74, 6) is -1.62. The topological polar surface area (TPSA) is 118 Å². The normalized spacial score (nSPS) is 13.9. The molecule has 21 heavy (non-hydrogen) atoms. The lowest BCUT2D eigenvalue weighted by Gasteiger charge is -2.14. The molecule has 1 aromatic carbocycles. The van der Waals surface area contributed by atoms with Gasteiger partial charge in [-0.25, -0.2) is 26.4 Å². The number of benzene rings is 1. The van der Waals surface area contributed by atoms with Gasteiger partial charge < -0.3 is 5.11 Å². The average molecular weight is 400 g/mol. The van der Waals surface area contributed by atoms with E-state index in [2.05, 4.69) is 20.7 Å². The predicted molar refractivity (Wildman–Crippen MR) is 80.6 cm³/mol. The molecule has 0 fully saturated rings. The summed E-state index contributed by atoms with van der Waals surface area (Å²) < 4.78 is 49.1. The summed E-state index contributed by atoms with van der Waals surface area (Å²) in [6, 6.07) is 2.72. The van der Waals surface area contributed by atoms with Crippen molar-refractivity contribution >= 4 is 41.8 Å². The van der Waals surface area contributed by atoms with Gasteiger partial charge in [0.2, 0.25) is 10.0 Å². The molecule has 0 aliphatic heterocycles. The minimum atomic E-state index is -4.04. The molecule has 1 unspecified atom stereocenters. The highest BCUT2D eigenvalue weighted by Gasteiger charge is 2.23. The maximum atomic E-state index is 12.2. The molecule has 2 N–H and O–H groups in total. The number of sulfonamides is 1. The Bertz CT molecular complexity index is 757. The highest BCUT2D eigenvalue weighted by molar-refractivity contribution is 9.10. The van der Waals surface area contributed by atoms with Crippen LogP contribution in [-0.2, 0) is 19.9 Å². The van der Waals surface area contributed by atoms with Crippen LogP contribution in [0.4, 0.5) is 0 Å². The maximum Gasteiger partial charge on any atom is 0.335 e. The molecule has 0 saturated carbocycles. The lowest BCUT2D eigenvalue weighted by molar-refractivity contribution is 0.0696. The Balaban J connectivity index is 3.14. The minimum Gasteiger partial charge on any atom is -0.478 e. The molecule has 1 rings (SSSR count). The van der Waals surface area contributed by atoms with Gasteiger partial charge in [0.1, 0.15) is 9.84 Å². The third kappa shape index (κ3) is 5.38. The Labute approximate surface area is 131 Å². The fraction of sp³-hybridized carbons (Fsp3) is 0.364. The van der Waals surface area contributed by atoms with Gasteiger partial charge in [-0.2, -0.15) is 0 Å². The average Bonchev–Trinajstić information content (AvgIpc) is 2.24. The smallest absolute Gasteiger partial charge is 0.335 e. The van der Waals surface area contributed by atoms with Crippen molar-refractivity contribution < 1.29 is 26.7 Å². The van der Waals surface area contributed by atoms with E-state index in [-0.39, 0.29) is 20.7 Å². The fourth-order valence-electron chi connectivity index (χ4n) is 1.66. The maximum absolute atomic E-state index is 12.2. The first-order valence-electron chi connectivity index (χ1n) is 5.65. The lowest BCUT2D eigenvalue weighted by Crippen LogP contribution is -2.37. The van der Waals surface area contributed by atoms with Gasteiger partial charge in [-0.15, -0.1) is 0 Å². The van der Waals surface area contributed by atoms with Crippen molar-refractivity contribution in [3.05, 3.63) is 28.2 Å². The van der Waals surface area contributed by atoms with Crippen molar-refractivity contribution in [1.29, 1.82) is 0 Å². The van der Waals surface area contributed by atoms with Crippen LogP contribution >= 0.6 is 15.9 Å². The molecule has 7 nitrogen and oxygen atoms in total. The summed E-state index contributed by atoms with van der Waals surface area (Å²) in [5.41, 5.74) is -0.186. The zero-order valence-electron chi connectivity index (χ0n) is 11.2. The van der Waals surface area contributed by atoms with Gasteiger partial charge in [0.25, 0.3) is 0 Å². The van der Waals surface area contributed by atoms with E-state index in [1.807, 2.05) is 0 Å². The SMILES string of the molecule is CC(CS(C)(=O)=O)NS(=O)(=O)c1cc(C(=O)O)ccc1Br. The Hall–Kier alpha value is -0.970. The number of carbonyl (C=O) groups is 1. The van der Waals surface area contributed by atoms with E-state index in [0.717, 1.165) is 12.3 Å². The first-order chi connectivity index (χ1) is 9.42. The van der Waals surface area contributed by atoms with Crippen molar-refractivity contribution in [3.63, 3.8) is 0 Å². The van der Waals surface area contributed by atoms with E-state index in [1.165, 1.54) is 19.1 Å². The molecule has 0 aromatic heterocycles. The van der Waals surface area contributed by atoms with E-state index >= 15 is 0 Å². The van der Waals surface area contributed by atoms with Crippen molar-refractivity contribution in [2.24, 2.45) is 0 Å². The number of hydrogen-bond acceptors (Lipinski definition) is 5. The number of halogens is 1. The second kappa shape index (κ2) is 6.42. The molecule has 0 aliphatic carbocycles. The summed E-state index contributed by atoms with van der Waals surface area (Å²) in [6.07, 6.45) is 0.999. The Morgan fingerprint density at radius 1 is 1.33 bits per heavy atom. The van der Waals surface area contributed by atoms with Crippen LogP contribution in [0.2, 0.25) is 0 Å². The number of sulfone groups is 1. The van der Waals surface area contributed by atoms with Gasteiger partial charge in [0.15, 0.2) is 0 Å². The fourth-order valence-corrected chi connectivity index (χ4v) is 4.99. The molecule has 0 aliphatic rings. The van der Waals surface area contributed by atoms with E-state index in [9.17, 15) is 21.6 Å². The molecule has 0 saturated heterocycles. The third-order valence-corrected chi connectivity index (χ3v) is 6.07. The number of rotatable bonds is 6. The molecule has 0 spiro atoms. The van der Waals surface area contributed by atoms with Crippen molar-refractivity contribution in [3.8, 4) is 0 Å². The molecular formula is C11H14BrNO6S2. The highest BCUT2D eigenvalue weighted by atomic mass is 79.9. The van der Waals surface area contributed by atoms with Crippen LogP contribution in [0.1, 0.15) is 17.3 Å². The monoisotopic (exact) mass is 399 g/mol. The highest BCUT2D eigenvalue weighted by Crippen LogP contribution is 2.23. The Morgan fingerprint density at radius 2 is 1.90 bits per heavy atom. The van der Waals surface area contributed by atoms with Gasteiger partial charge in [-0.3, -0.25) is 0 Å². The molecule has 118 valence electrons. The third-order valence-electron chi connectivity index (χ3n) is 2.38. The predicted octanol–water partition coefficient (Wildman–Crippen LogP) is 0.859. The number of hydrogen-bond donors (Lipinski definition) is 2. The van der Waals surface area contributed by atoms with E-state index < -0.39 is 31.9 Å². The second-order valence-corrected chi connectivity index (χ2v) is 9.29. The van der Waals surface area contributed by atoms with Gasteiger partial charge >= 0.3 is 5.97 Å². The number of carboxylic acids is 1. The molecule has 10 heteroatoms. The second-order valence-electron chi connectivity index (χ2n) is 4.57. The summed E-state index contributed by atoms with van der Waals surface area (Å²) in [4.78, 5) is 10.6. The Kier molecular flexibility index (Phi) is 5.53. The summed E-state index contributed by atoms with van der Waals surface area (Å²) in [5, 5.41) is 8.89. The summed E-state index contributed by atoms with van der Waals surface area (Å²) in [7, 11) is -7.39. The molecule has 0 heterocycles. The molecule has 0 bridgehead atoms. The van der Waals surface area contributed by atoms with E-state index in [1.54, 1.807) is 0 Å². The van der Waals surface area contributed by atoms with E-state index in [0.29, 0.717) is 0 Å². The molecule has 0 amide bonds. The van der Waals surface area contributed by atoms with Gasteiger partial charge in [-0.1, -0.05) is 0 Å². The van der Waals surface area contributed by atoms with Crippen molar-refractivity contribution in [1.82, 2.24) is 4.72 Å². The quantitative estimate of drug-likeness (QED) is 0.732. The van der Waals surface area contributed by atoms with Gasteiger partial charge in [0, 0.05) is 16.8 Å². The first kappa shape index (κ1) is 18.1. The van der Waals surface area contributed by atoms with Crippen LogP contribution in [-0.4, -0.2) is 46.0 Å². The molecule has 1 atom stereocenters. The zero-order valence-corrected chi connectivity index (χ0v) is 14.4. The van der Waals surface area contributed by atoms with Crippen LogP contribution in [0.5, 0.6) is 0 Å². The lowest BCUT2D eigenvalue weighted by atomic mass is 10.2. The standard InChI is InChI=1S/C11H14BrNO6S2/c1-7(6-20(2,16)17)13-21(18,19)10-5-8(11(14)15)3-4-9(10)12/h3-5,7,13H,6H2,1-2H3,(H,14,15). The van der Waals surface area contributed by atoms with Crippen LogP contribution in [0.25, 0.3) is 0 Å². The molecule has 1 aromatic rings. The summed E-state index contributed by atoms with van der Waals surface area (Å²) >= 11 is 3.04. The summed E-state index contributed by atoms with van der Waals surface area (Å²) in [6.45, 7) is 1.41. The molecular weight excluding hydrogens is 386 g/mol. The Morgan fingerprint density at radius 3 is 2.38 bits per heavy atom. The zero-order chi connectivity index (χ0) is 16.4. The van der Waals surface area contributed by atoms with Crippen LogP contribution in [0, 0.1) is 0 Å². The molecule has 0 radical (unpaired) electrons. The van der Waals surface area contributed by atoms with Gasteiger partial charge in [-0.05, 0) is 41.1 Å². The largest absolute Gasteiger partial charge is 0.478 e. The van der Waals surface area contributed by atoms with Crippen LogP contribution in [0.3, 0.4) is 0 Å². The number of carboxylic acid groups (broad SMARTS) is 1. The number of aromatic carboxylic acids is 1. The number of nitrogens with one attached hydrogen (secondary N) is 1. The van der Waals surface area contributed by atoms with Crippen LogP contribution in [0.15, 0.2) is 27.6 Å².